The van der Waals surface area contributed by atoms with Gasteiger partial charge in [-0.15, -0.1) is 0 Å². The number of likely N-dealkylation sites (N-methyl/N-ethyl adjacent to an activating group) is 1. The van der Waals surface area contributed by atoms with Crippen LogP contribution in [0.25, 0.3) is 0 Å². The van der Waals surface area contributed by atoms with Crippen LogP contribution in [0.15, 0.2) is 10.7 Å². The van der Waals surface area contributed by atoms with Crippen LogP contribution in [0, 0.1) is 0 Å². The molecule has 7 nitrogen and oxygen atoms in total. The summed E-state index contributed by atoms with van der Waals surface area (Å²) in [6.07, 6.45) is 1.32. The molecule has 0 aromatic carbocycles. The first kappa shape index (κ1) is 13.4. The molecule has 1 fully saturated rings. The van der Waals surface area contributed by atoms with Crippen molar-refractivity contribution in [3.8, 4) is 6.08 Å². The monoisotopic (exact) mass is 267 g/mol. The van der Waals surface area contributed by atoms with Crippen LogP contribution in [0.2, 0.25) is 0 Å². The Balaban J connectivity index is 2.11. The zero-order valence-corrected chi connectivity index (χ0v) is 11.3. The number of oxazole rings is 1. The number of hydrogen-bond acceptors (Lipinski definition) is 5. The highest BCUT2D eigenvalue weighted by Gasteiger charge is 2.32. The van der Waals surface area contributed by atoms with Gasteiger partial charge in [-0.2, -0.15) is 4.98 Å². The van der Waals surface area contributed by atoms with Crippen molar-refractivity contribution in [2.24, 2.45) is 0 Å². The number of nitrogens with zero attached hydrogens (tertiary/aromatic N) is 3. The van der Waals surface area contributed by atoms with Gasteiger partial charge in [0.05, 0.1) is 6.61 Å². The van der Waals surface area contributed by atoms with Gasteiger partial charge in [-0.1, -0.05) is 0 Å². The van der Waals surface area contributed by atoms with E-state index in [1.807, 2.05) is 6.92 Å². The molecule has 0 saturated carbocycles. The van der Waals surface area contributed by atoms with E-state index in [1.54, 1.807) is 18.9 Å². The average Bonchev–Trinajstić information content (AvgIpc) is 2.82. The van der Waals surface area contributed by atoms with Crippen LogP contribution in [-0.2, 0) is 4.79 Å². The van der Waals surface area contributed by atoms with Gasteiger partial charge in [-0.05, 0) is 13.8 Å². The summed E-state index contributed by atoms with van der Waals surface area (Å²) in [6, 6.07) is -0.0533. The van der Waals surface area contributed by atoms with Crippen molar-refractivity contribution in [2.45, 2.75) is 19.9 Å². The molecular formula is C12H17N3O4. The third-order valence-electron chi connectivity index (χ3n) is 3.03. The topological polar surface area (TPSA) is 75.9 Å². The van der Waals surface area contributed by atoms with Crippen molar-refractivity contribution >= 4 is 11.8 Å². The highest BCUT2D eigenvalue weighted by Crippen LogP contribution is 2.16. The molecular weight excluding hydrogens is 250 g/mol. The first-order valence-electron chi connectivity index (χ1n) is 6.16. The number of carbonyl (C=O) groups excluding carboxylic acids is 2. The van der Waals surface area contributed by atoms with Gasteiger partial charge in [0.15, 0.2) is 5.69 Å². The third kappa shape index (κ3) is 2.69. The summed E-state index contributed by atoms with van der Waals surface area (Å²) in [6.45, 7) is 4.68. The largest absolute Gasteiger partial charge is 0.450 e. The van der Waals surface area contributed by atoms with Gasteiger partial charge in [0, 0.05) is 19.6 Å². The van der Waals surface area contributed by atoms with Gasteiger partial charge in [-0.3, -0.25) is 9.59 Å². The molecule has 104 valence electrons. The van der Waals surface area contributed by atoms with E-state index in [9.17, 15) is 9.59 Å². The zero-order valence-electron chi connectivity index (χ0n) is 11.3. The Morgan fingerprint density at radius 2 is 2.37 bits per heavy atom. The van der Waals surface area contributed by atoms with Gasteiger partial charge >= 0.3 is 6.08 Å². The normalized spacial score (nSPS) is 19.7. The summed E-state index contributed by atoms with van der Waals surface area (Å²) >= 11 is 0. The number of aromatic nitrogens is 1. The van der Waals surface area contributed by atoms with Crippen LogP contribution in [0.4, 0.5) is 0 Å². The van der Waals surface area contributed by atoms with E-state index in [0.717, 1.165) is 0 Å². The molecule has 19 heavy (non-hydrogen) atoms. The lowest BCUT2D eigenvalue weighted by Crippen LogP contribution is -2.55. The van der Waals surface area contributed by atoms with Crippen molar-refractivity contribution in [3.63, 3.8) is 0 Å². The Kier molecular flexibility index (Phi) is 3.73. The summed E-state index contributed by atoms with van der Waals surface area (Å²) in [4.78, 5) is 31.0. The van der Waals surface area contributed by atoms with Crippen molar-refractivity contribution in [3.05, 3.63) is 12.0 Å². The van der Waals surface area contributed by atoms with E-state index >= 15 is 0 Å². The molecule has 0 N–H and O–H groups in total. The van der Waals surface area contributed by atoms with Gasteiger partial charge in [0.2, 0.25) is 5.91 Å². The molecule has 1 saturated heterocycles. The fourth-order valence-electron chi connectivity index (χ4n) is 1.98. The Morgan fingerprint density at radius 1 is 1.63 bits per heavy atom. The molecule has 2 heterocycles. The summed E-state index contributed by atoms with van der Waals surface area (Å²) in [5.41, 5.74) is 0.160. The molecule has 1 unspecified atom stereocenters. The second kappa shape index (κ2) is 5.29. The predicted molar refractivity (Wildman–Crippen MR) is 65.8 cm³/mol. The molecule has 0 radical (unpaired) electrons. The molecule has 1 atom stereocenters. The highest BCUT2D eigenvalue weighted by atomic mass is 16.6. The third-order valence-corrected chi connectivity index (χ3v) is 3.03. The van der Waals surface area contributed by atoms with E-state index in [0.29, 0.717) is 13.2 Å². The minimum absolute atomic E-state index is 0.0533. The van der Waals surface area contributed by atoms with Gasteiger partial charge in [0.1, 0.15) is 12.8 Å². The minimum atomic E-state index is -0.316. The van der Waals surface area contributed by atoms with Crippen LogP contribution >= 0.6 is 0 Å². The van der Waals surface area contributed by atoms with Gasteiger partial charge in [0.25, 0.3) is 5.91 Å². The Hall–Kier alpha value is -2.05. The number of rotatable bonds is 3. The van der Waals surface area contributed by atoms with Crippen molar-refractivity contribution in [2.75, 3.05) is 26.7 Å². The van der Waals surface area contributed by atoms with Crippen LogP contribution in [-0.4, -0.2) is 59.4 Å². The molecule has 0 spiro atoms. The smallest absolute Gasteiger partial charge is 0.394 e. The van der Waals surface area contributed by atoms with E-state index < -0.39 is 0 Å². The molecule has 1 aliphatic heterocycles. The van der Waals surface area contributed by atoms with E-state index in [2.05, 4.69) is 4.98 Å². The lowest BCUT2D eigenvalue weighted by Gasteiger charge is -2.37. The first-order valence-corrected chi connectivity index (χ1v) is 6.16. The van der Waals surface area contributed by atoms with Crippen LogP contribution in [0.5, 0.6) is 6.08 Å². The first-order chi connectivity index (χ1) is 9.02. The second-order valence-corrected chi connectivity index (χ2v) is 4.49. The summed E-state index contributed by atoms with van der Waals surface area (Å²) in [7, 11) is 1.73. The number of ether oxygens (including phenoxy) is 1. The van der Waals surface area contributed by atoms with Gasteiger partial charge < -0.3 is 19.0 Å². The Labute approximate surface area is 111 Å². The molecule has 1 aromatic heterocycles. The fraction of sp³-hybridized carbons (Fsp3) is 0.583. The standard InChI is InChI=1S/C12H17N3O4/c1-4-18-12-13-9(7-19-12)11(17)15-6-10(16)14(3)5-8(15)2/h7-8H,4-6H2,1-3H3. The van der Waals surface area contributed by atoms with Gasteiger partial charge in [-0.25, -0.2) is 0 Å². The van der Waals surface area contributed by atoms with E-state index in [-0.39, 0.29) is 36.2 Å². The minimum Gasteiger partial charge on any atom is -0.450 e. The molecule has 1 aromatic rings. The Morgan fingerprint density at radius 3 is 3.05 bits per heavy atom. The van der Waals surface area contributed by atoms with Crippen LogP contribution in [0.1, 0.15) is 24.3 Å². The molecule has 0 bridgehead atoms. The molecule has 1 aliphatic rings. The quantitative estimate of drug-likeness (QED) is 0.791. The van der Waals surface area contributed by atoms with Crippen molar-refractivity contribution < 1.29 is 18.7 Å². The summed E-state index contributed by atoms with van der Waals surface area (Å²) in [5.74, 6) is -0.399. The van der Waals surface area contributed by atoms with Crippen molar-refractivity contribution in [1.29, 1.82) is 0 Å². The second-order valence-electron chi connectivity index (χ2n) is 4.49. The molecule has 2 amide bonds. The highest BCUT2D eigenvalue weighted by molar-refractivity contribution is 5.95. The van der Waals surface area contributed by atoms with E-state index in [4.69, 9.17) is 9.15 Å². The maximum absolute atomic E-state index is 12.3. The maximum Gasteiger partial charge on any atom is 0.394 e. The average molecular weight is 267 g/mol. The summed E-state index contributed by atoms with van der Waals surface area (Å²) in [5, 5.41) is 0. The number of carbonyl (C=O) groups is 2. The summed E-state index contributed by atoms with van der Waals surface area (Å²) < 4.78 is 10.1. The van der Waals surface area contributed by atoms with Crippen molar-refractivity contribution in [1.82, 2.24) is 14.8 Å². The van der Waals surface area contributed by atoms with E-state index in [1.165, 1.54) is 11.2 Å². The predicted octanol–water partition coefficient (Wildman–Crippen LogP) is 0.376. The van der Waals surface area contributed by atoms with Crippen LogP contribution in [0.3, 0.4) is 0 Å². The lowest BCUT2D eigenvalue weighted by molar-refractivity contribution is -0.135. The SMILES string of the molecule is CCOc1nc(C(=O)N2CC(=O)N(C)CC2C)co1. The fourth-order valence-corrected chi connectivity index (χ4v) is 1.98. The Bertz CT molecular complexity index is 485. The molecule has 7 heteroatoms. The zero-order chi connectivity index (χ0) is 14.0. The van der Waals surface area contributed by atoms with Crippen LogP contribution < -0.4 is 4.74 Å². The maximum atomic E-state index is 12.3. The number of amides is 2. The lowest BCUT2D eigenvalue weighted by atomic mass is 10.2. The molecule has 2 rings (SSSR count). The number of piperazine rings is 1. The molecule has 0 aliphatic carbocycles. The number of hydrogen-bond donors (Lipinski definition) is 0.